The summed E-state index contributed by atoms with van der Waals surface area (Å²) in [7, 11) is 2.10. The Kier molecular flexibility index (Phi) is 7.57. The molecule has 0 radical (unpaired) electrons. The lowest BCUT2D eigenvalue weighted by molar-refractivity contribution is -0.120. The molecule has 0 bridgehead atoms. The molecular weight excluding hydrogens is 440 g/mol. The van der Waals surface area contributed by atoms with Gasteiger partial charge in [0.15, 0.2) is 0 Å². The Morgan fingerprint density at radius 1 is 1.10 bits per heavy atom. The topological polar surface area (TPSA) is 52.6 Å². The number of carbonyl (C=O) groups is 2. The summed E-state index contributed by atoms with van der Waals surface area (Å²) in [6.07, 6.45) is 3.75. The maximum atomic E-state index is 13.3. The fraction of sp³-hybridized carbons (Fsp3) is 0.391. The van der Waals surface area contributed by atoms with Crippen molar-refractivity contribution in [1.82, 2.24) is 4.90 Å². The van der Waals surface area contributed by atoms with E-state index in [0.717, 1.165) is 50.5 Å². The molecule has 0 unspecified atom stereocenters. The normalized spacial score (nSPS) is 17.0. The Morgan fingerprint density at radius 2 is 1.81 bits per heavy atom. The molecule has 1 N–H and O–H groups in total. The molecule has 0 spiro atoms. The van der Waals surface area contributed by atoms with E-state index in [1.54, 1.807) is 6.07 Å². The van der Waals surface area contributed by atoms with Crippen LogP contribution in [0.15, 0.2) is 42.5 Å². The van der Waals surface area contributed by atoms with Gasteiger partial charge in [0, 0.05) is 23.3 Å². The molecule has 31 heavy (non-hydrogen) atoms. The van der Waals surface area contributed by atoms with Crippen LogP contribution in [0.4, 0.5) is 15.8 Å². The van der Waals surface area contributed by atoms with Crippen LogP contribution in [-0.4, -0.2) is 42.9 Å². The standard InChI is InChI=1S/C23H25ClFN3O2.ClH/c1-27-11-9-18(10-12-27)28(23(30)15-5-6-15)19-4-2-3-17(14-19)26-22(29)20-8-7-16(25)13-21(20)24;/h2-4,7-8,13-15,18H,5-6,9-12H2,1H3,(H,26,29);1H. The van der Waals surface area contributed by atoms with Gasteiger partial charge in [0.25, 0.3) is 5.91 Å². The summed E-state index contributed by atoms with van der Waals surface area (Å²) in [4.78, 5) is 29.9. The molecule has 2 aliphatic rings. The fourth-order valence-electron chi connectivity index (χ4n) is 3.90. The van der Waals surface area contributed by atoms with E-state index in [1.165, 1.54) is 12.1 Å². The summed E-state index contributed by atoms with van der Waals surface area (Å²) in [6.45, 7) is 1.91. The SMILES string of the molecule is CN1CCC(N(C(=O)C2CC2)c2cccc(NC(=O)c3ccc(F)cc3Cl)c2)CC1.Cl. The van der Waals surface area contributed by atoms with Crippen LogP contribution in [0, 0.1) is 11.7 Å². The number of hydrogen-bond acceptors (Lipinski definition) is 3. The van der Waals surface area contributed by atoms with Gasteiger partial charge in [-0.2, -0.15) is 0 Å². The number of rotatable bonds is 5. The number of nitrogens with one attached hydrogen (secondary N) is 1. The number of benzene rings is 2. The fourth-order valence-corrected chi connectivity index (χ4v) is 4.16. The molecule has 1 aliphatic heterocycles. The van der Waals surface area contributed by atoms with Crippen LogP contribution in [0.5, 0.6) is 0 Å². The first-order valence-electron chi connectivity index (χ1n) is 10.3. The number of anilines is 2. The van der Waals surface area contributed by atoms with Crippen LogP contribution in [0.1, 0.15) is 36.0 Å². The second-order valence-electron chi connectivity index (χ2n) is 8.15. The molecule has 5 nitrogen and oxygen atoms in total. The molecule has 0 atom stereocenters. The minimum absolute atomic E-state index is 0. The van der Waals surface area contributed by atoms with Crippen molar-refractivity contribution in [2.24, 2.45) is 5.92 Å². The Bertz CT molecular complexity index is 960. The van der Waals surface area contributed by atoms with Gasteiger partial charge in [-0.3, -0.25) is 9.59 Å². The largest absolute Gasteiger partial charge is 0.322 e. The third-order valence-corrected chi connectivity index (χ3v) is 6.09. The smallest absolute Gasteiger partial charge is 0.257 e. The van der Waals surface area contributed by atoms with E-state index in [-0.39, 0.29) is 40.9 Å². The summed E-state index contributed by atoms with van der Waals surface area (Å²) in [6, 6.07) is 11.2. The van der Waals surface area contributed by atoms with E-state index in [0.29, 0.717) is 5.69 Å². The van der Waals surface area contributed by atoms with Gasteiger partial charge in [0.05, 0.1) is 10.6 Å². The number of nitrogens with zero attached hydrogens (tertiary/aromatic N) is 2. The zero-order valence-corrected chi connectivity index (χ0v) is 18.9. The van der Waals surface area contributed by atoms with Crippen LogP contribution < -0.4 is 10.2 Å². The van der Waals surface area contributed by atoms with E-state index in [2.05, 4.69) is 17.3 Å². The highest BCUT2D eigenvalue weighted by Gasteiger charge is 2.38. The lowest BCUT2D eigenvalue weighted by Gasteiger charge is -2.37. The third-order valence-electron chi connectivity index (χ3n) is 5.78. The van der Waals surface area contributed by atoms with Gasteiger partial charge in [-0.25, -0.2) is 4.39 Å². The number of halogens is 3. The molecule has 8 heteroatoms. The maximum absolute atomic E-state index is 13.3. The quantitative estimate of drug-likeness (QED) is 0.676. The van der Waals surface area contributed by atoms with Gasteiger partial charge in [-0.05, 0) is 82.2 Å². The predicted molar refractivity (Wildman–Crippen MR) is 124 cm³/mol. The molecule has 1 saturated carbocycles. The van der Waals surface area contributed by atoms with Crippen molar-refractivity contribution in [3.63, 3.8) is 0 Å². The van der Waals surface area contributed by atoms with Crippen LogP contribution in [0.3, 0.4) is 0 Å². The van der Waals surface area contributed by atoms with Crippen LogP contribution >= 0.6 is 24.0 Å². The van der Waals surface area contributed by atoms with Crippen molar-refractivity contribution in [2.75, 3.05) is 30.4 Å². The molecular formula is C23H26Cl2FN3O2. The van der Waals surface area contributed by atoms with Crippen LogP contribution in [-0.2, 0) is 4.79 Å². The maximum Gasteiger partial charge on any atom is 0.257 e. The van der Waals surface area contributed by atoms with Gasteiger partial charge in [0.2, 0.25) is 5.91 Å². The van der Waals surface area contributed by atoms with Crippen molar-refractivity contribution in [2.45, 2.75) is 31.7 Å². The Hall–Kier alpha value is -2.15. The zero-order chi connectivity index (χ0) is 21.3. The first-order chi connectivity index (χ1) is 14.4. The average molecular weight is 466 g/mol. The Labute approximate surface area is 193 Å². The predicted octanol–water partition coefficient (Wildman–Crippen LogP) is 4.99. The Balaban J connectivity index is 0.00000272. The summed E-state index contributed by atoms with van der Waals surface area (Å²) in [5, 5.41) is 2.87. The van der Waals surface area contributed by atoms with Crippen LogP contribution in [0.25, 0.3) is 0 Å². The van der Waals surface area contributed by atoms with Crippen molar-refractivity contribution < 1.29 is 14.0 Å². The molecule has 1 heterocycles. The van der Waals surface area contributed by atoms with Crippen molar-refractivity contribution in [1.29, 1.82) is 0 Å². The van der Waals surface area contributed by atoms with E-state index >= 15 is 0 Å². The highest BCUT2D eigenvalue weighted by Crippen LogP contribution is 2.36. The average Bonchev–Trinajstić information content (AvgIpc) is 3.55. The first-order valence-corrected chi connectivity index (χ1v) is 10.7. The highest BCUT2D eigenvalue weighted by atomic mass is 35.5. The number of piperidine rings is 1. The van der Waals surface area contributed by atoms with Gasteiger partial charge >= 0.3 is 0 Å². The van der Waals surface area contributed by atoms with Crippen molar-refractivity contribution >= 4 is 47.2 Å². The molecule has 2 amide bonds. The molecule has 2 fully saturated rings. The van der Waals surface area contributed by atoms with Crippen molar-refractivity contribution in [3.05, 3.63) is 58.9 Å². The summed E-state index contributed by atoms with van der Waals surface area (Å²) in [5.41, 5.74) is 1.56. The highest BCUT2D eigenvalue weighted by molar-refractivity contribution is 6.34. The second-order valence-corrected chi connectivity index (χ2v) is 8.55. The van der Waals surface area contributed by atoms with E-state index in [1.807, 2.05) is 23.1 Å². The van der Waals surface area contributed by atoms with E-state index in [4.69, 9.17) is 11.6 Å². The summed E-state index contributed by atoms with van der Waals surface area (Å²) in [5.74, 6) is -0.627. The van der Waals surface area contributed by atoms with Gasteiger partial charge in [0.1, 0.15) is 5.82 Å². The zero-order valence-electron chi connectivity index (χ0n) is 17.3. The molecule has 2 aromatic rings. The third kappa shape index (κ3) is 5.56. The number of hydrogen-bond donors (Lipinski definition) is 1. The molecule has 2 aromatic carbocycles. The summed E-state index contributed by atoms with van der Waals surface area (Å²) >= 11 is 6.01. The van der Waals surface area contributed by atoms with Gasteiger partial charge < -0.3 is 15.1 Å². The molecule has 1 saturated heterocycles. The summed E-state index contributed by atoms with van der Waals surface area (Å²) < 4.78 is 13.3. The first kappa shape index (κ1) is 23.5. The monoisotopic (exact) mass is 465 g/mol. The van der Waals surface area contributed by atoms with Gasteiger partial charge in [-0.15, -0.1) is 12.4 Å². The van der Waals surface area contributed by atoms with E-state index in [9.17, 15) is 14.0 Å². The lowest BCUT2D eigenvalue weighted by atomic mass is 10.0. The second kappa shape index (κ2) is 9.98. The number of carbonyl (C=O) groups excluding carboxylic acids is 2. The van der Waals surface area contributed by atoms with Crippen molar-refractivity contribution in [3.8, 4) is 0 Å². The van der Waals surface area contributed by atoms with Crippen LogP contribution in [0.2, 0.25) is 5.02 Å². The minimum Gasteiger partial charge on any atom is -0.322 e. The number of amides is 2. The number of likely N-dealkylation sites (tertiary alicyclic amines) is 1. The minimum atomic E-state index is -0.495. The lowest BCUT2D eigenvalue weighted by Crippen LogP contribution is -2.47. The molecule has 1 aliphatic carbocycles. The van der Waals surface area contributed by atoms with Gasteiger partial charge in [-0.1, -0.05) is 17.7 Å². The van der Waals surface area contributed by atoms with E-state index < -0.39 is 11.7 Å². The molecule has 0 aromatic heterocycles. The molecule has 4 rings (SSSR count). The Morgan fingerprint density at radius 3 is 2.45 bits per heavy atom. The molecule has 166 valence electrons.